The molecule has 0 aliphatic carbocycles. The van der Waals surface area contributed by atoms with Crippen LogP contribution in [-0.4, -0.2) is 122 Å². The van der Waals surface area contributed by atoms with Crippen molar-refractivity contribution in [2.45, 2.75) is 117 Å². The van der Waals surface area contributed by atoms with Crippen molar-refractivity contribution in [2.75, 3.05) is 12.0 Å². The van der Waals surface area contributed by atoms with Crippen LogP contribution in [0.3, 0.4) is 0 Å². The molecule has 0 bridgehead atoms. The molecule has 8 atom stereocenters. The summed E-state index contributed by atoms with van der Waals surface area (Å²) >= 11 is 0. The summed E-state index contributed by atoms with van der Waals surface area (Å²) in [5.41, 5.74) is 0.423. The Bertz CT molecular complexity index is 1900. The Morgan fingerprint density at radius 1 is 0.885 bits per heavy atom. The molecule has 2 rings (SSSR count). The van der Waals surface area contributed by atoms with E-state index in [1.165, 1.54) is 57.4 Å². The van der Waals surface area contributed by atoms with E-state index in [0.29, 0.717) is 11.1 Å². The Kier molecular flexibility index (Phi) is 20.3. The first-order chi connectivity index (χ1) is 28.6. The van der Waals surface area contributed by atoms with Crippen LogP contribution >= 0.6 is 0 Å². The number of benzene rings is 1. The van der Waals surface area contributed by atoms with Gasteiger partial charge in [-0.3, -0.25) is 42.6 Å². The molecule has 21 heteroatoms. The van der Waals surface area contributed by atoms with Crippen LogP contribution in [0, 0.1) is 5.92 Å². The first-order valence-electron chi connectivity index (χ1n) is 19.5. The second-order valence-corrected chi connectivity index (χ2v) is 16.3. The van der Waals surface area contributed by atoms with Crippen molar-refractivity contribution in [1.29, 1.82) is 0 Å². The van der Waals surface area contributed by atoms with Gasteiger partial charge in [-0.2, -0.15) is 0 Å². The van der Waals surface area contributed by atoms with Crippen LogP contribution in [0.15, 0.2) is 47.7 Å². The van der Waals surface area contributed by atoms with Gasteiger partial charge in [-0.15, -0.1) is 0 Å². The van der Waals surface area contributed by atoms with E-state index >= 15 is 0 Å². The number of cyclic esters (lactones) is 1. The van der Waals surface area contributed by atoms with Crippen LogP contribution in [0.2, 0.25) is 0 Å². The van der Waals surface area contributed by atoms with Crippen molar-refractivity contribution < 1.29 is 62.3 Å². The minimum atomic E-state index is -1.79. The molecule has 1 heterocycles. The molecule has 20 nitrogen and oxygen atoms in total. The van der Waals surface area contributed by atoms with E-state index in [1.54, 1.807) is 33.8 Å². The smallest absolute Gasteiger partial charge is 0.329 e. The molecule has 1 aliphatic rings. The van der Waals surface area contributed by atoms with E-state index in [4.69, 9.17) is 4.74 Å². The van der Waals surface area contributed by atoms with Crippen molar-refractivity contribution in [3.05, 3.63) is 53.3 Å². The number of esters is 1. The maximum atomic E-state index is 14.3. The molecule has 1 aliphatic heterocycles. The average Bonchev–Trinajstić information content (AvgIpc) is 3.19. The van der Waals surface area contributed by atoms with Crippen LogP contribution in [-0.2, 0) is 65.1 Å². The maximum Gasteiger partial charge on any atom is 0.329 e. The van der Waals surface area contributed by atoms with Crippen LogP contribution in [0.1, 0.15) is 73.3 Å². The average molecular weight is 876 g/mol. The molecule has 0 saturated carbocycles. The zero-order valence-electron chi connectivity index (χ0n) is 35.4. The third kappa shape index (κ3) is 16.5. The lowest BCUT2D eigenvalue weighted by atomic mass is 10.00. The Morgan fingerprint density at radius 2 is 1.52 bits per heavy atom. The molecule has 1 aromatic carbocycles. The highest BCUT2D eigenvalue weighted by Crippen LogP contribution is 2.14. The number of ether oxygens (including phenoxy) is 1. The Balaban J connectivity index is 2.65. The van der Waals surface area contributed by atoms with Gasteiger partial charge in [-0.1, -0.05) is 38.1 Å². The summed E-state index contributed by atoms with van der Waals surface area (Å²) < 4.78 is 17.7. The third-order valence-corrected chi connectivity index (χ3v) is 10.3. The van der Waals surface area contributed by atoms with E-state index in [2.05, 4.69) is 37.2 Å². The molecule has 61 heavy (non-hydrogen) atoms. The van der Waals surface area contributed by atoms with Crippen LogP contribution in [0.5, 0.6) is 5.75 Å². The molecule has 9 N–H and O–H groups in total. The van der Waals surface area contributed by atoms with Gasteiger partial charge in [-0.25, -0.2) is 4.79 Å². The lowest BCUT2D eigenvalue weighted by Gasteiger charge is -2.30. The molecular weight excluding hydrogens is 819 g/mol. The summed E-state index contributed by atoms with van der Waals surface area (Å²) in [6.45, 7) is 10.4. The largest absolute Gasteiger partial charge is 0.508 e. The zero-order chi connectivity index (χ0) is 46.1. The summed E-state index contributed by atoms with van der Waals surface area (Å²) in [6.07, 6.45) is 1.05. The van der Waals surface area contributed by atoms with Gasteiger partial charge in [0, 0.05) is 41.2 Å². The first-order valence-corrected chi connectivity index (χ1v) is 21.2. The molecule has 0 spiro atoms. The molecule has 1 fully saturated rings. The quantitative estimate of drug-likeness (QED) is 0.0763. The number of nitrogens with one attached hydrogen (secondary N) is 7. The number of hydrogen-bond donors (Lipinski definition) is 9. The van der Waals surface area contributed by atoms with E-state index < -0.39 is 125 Å². The highest BCUT2D eigenvalue weighted by molar-refractivity contribution is 7.84. The van der Waals surface area contributed by atoms with Crippen molar-refractivity contribution >= 4 is 64.1 Å². The number of phenolic OH excluding ortho intramolecular Hbond substituents is 1. The normalized spacial score (nSPS) is 23.0. The number of aliphatic carboxylic acids is 1. The minimum absolute atomic E-state index is 0.0788. The summed E-state index contributed by atoms with van der Waals surface area (Å²) in [6, 6.07) is -3.18. The molecule has 0 unspecified atom stereocenters. The lowest BCUT2D eigenvalue weighted by Crippen LogP contribution is -2.62. The predicted molar refractivity (Wildman–Crippen MR) is 221 cm³/mol. The Hall–Kier alpha value is -6.12. The number of carboxylic acids is 1. The Morgan fingerprint density at radius 3 is 2.08 bits per heavy atom. The molecule has 7 amide bonds. The standard InChI is InChI=1S/C40H57N7O13S/c1-9-21(5)33(51)46-31(20(3)4)38(56)45-29(19-24-11-13-25(48)14-12-24)37(55)47-32-23(7)60-40(58)28(17-18-61(8)59)44-36(54)27(15-16-30(49)50)43-35(53)26(10-2)42-34(52)22(6)41-39(32)57/h9-14,20,22-23,27-29,31-32,48H,15-19H2,1-8H3,(H,41,57)(H,42,52)(H,43,53)(H,44,54)(H,45,56)(H,46,51)(H,47,55)(H,49,50)/b21-9+,26-10-/t22-,23+,27+,28-,29+,31-,32-,61-/m0/s1. The summed E-state index contributed by atoms with van der Waals surface area (Å²) in [4.78, 5) is 120. The molecule has 0 radical (unpaired) electrons. The topological polar surface area (TPSA) is 305 Å². The fourth-order valence-corrected chi connectivity index (χ4v) is 6.26. The van der Waals surface area contributed by atoms with Gasteiger partial charge >= 0.3 is 11.9 Å². The van der Waals surface area contributed by atoms with Gasteiger partial charge in [0.1, 0.15) is 53.8 Å². The van der Waals surface area contributed by atoms with E-state index in [9.17, 15) is 57.6 Å². The number of allylic oxidation sites excluding steroid dienone is 2. The number of hydrogen-bond acceptors (Lipinski definition) is 12. The number of amides is 7. The van der Waals surface area contributed by atoms with Gasteiger partial charge < -0.3 is 52.2 Å². The van der Waals surface area contributed by atoms with Gasteiger partial charge in [0.2, 0.25) is 35.4 Å². The van der Waals surface area contributed by atoms with Crippen LogP contribution in [0.25, 0.3) is 0 Å². The van der Waals surface area contributed by atoms with Crippen molar-refractivity contribution in [3.8, 4) is 5.75 Å². The summed E-state index contributed by atoms with van der Waals surface area (Å²) in [7, 11) is -1.48. The van der Waals surface area contributed by atoms with Gasteiger partial charge in [0.15, 0.2) is 0 Å². The third-order valence-electron chi connectivity index (χ3n) is 9.49. The van der Waals surface area contributed by atoms with Gasteiger partial charge in [-0.05, 0) is 71.1 Å². The second-order valence-electron chi connectivity index (χ2n) is 14.7. The number of rotatable bonds is 15. The van der Waals surface area contributed by atoms with E-state index in [-0.39, 0.29) is 30.0 Å². The minimum Gasteiger partial charge on any atom is -0.508 e. The zero-order valence-corrected chi connectivity index (χ0v) is 36.2. The van der Waals surface area contributed by atoms with E-state index in [1.807, 2.05) is 0 Å². The van der Waals surface area contributed by atoms with Crippen LogP contribution < -0.4 is 37.2 Å². The Labute approximate surface area is 356 Å². The van der Waals surface area contributed by atoms with Crippen molar-refractivity contribution in [3.63, 3.8) is 0 Å². The number of carboxylic acid groups (broad SMARTS) is 1. The second kappa shape index (κ2) is 24.2. The molecule has 1 saturated heterocycles. The lowest BCUT2D eigenvalue weighted by molar-refractivity contribution is -0.156. The predicted octanol–water partition coefficient (Wildman–Crippen LogP) is -0.916. The van der Waals surface area contributed by atoms with Crippen molar-refractivity contribution in [1.82, 2.24) is 37.2 Å². The monoisotopic (exact) mass is 875 g/mol. The van der Waals surface area contributed by atoms with Gasteiger partial charge in [0.25, 0.3) is 5.91 Å². The molecule has 336 valence electrons. The highest BCUT2D eigenvalue weighted by atomic mass is 32.2. The number of carbonyl (C=O) groups is 9. The van der Waals surface area contributed by atoms with Crippen molar-refractivity contribution in [2.24, 2.45) is 5.92 Å². The van der Waals surface area contributed by atoms with E-state index in [0.717, 1.165) is 0 Å². The molecule has 0 aromatic heterocycles. The molecular formula is C40H57N7O13S. The number of aromatic hydroxyl groups is 1. The SMILES string of the molecule is C/C=C1\NC(=O)[C@H](C)NC(=O)[C@@H](NC(=O)[C@@H](Cc2ccc(O)cc2)NC(=O)[C@@H](NC(=O)/C(C)=C/C)C(C)C)[C@@H](C)OC(=O)[C@H](CC[S@](C)=O)NC(=O)[C@@H](CCC(=O)O)NC1=O. The fraction of sp³-hybridized carbons (Fsp3) is 0.525. The first kappa shape index (κ1) is 51.0. The molecule has 1 aromatic rings. The maximum absolute atomic E-state index is 14.3. The number of carbonyl (C=O) groups excluding carboxylic acids is 8. The van der Waals surface area contributed by atoms with Crippen LogP contribution in [0.4, 0.5) is 0 Å². The fourth-order valence-electron chi connectivity index (χ4n) is 5.69. The highest BCUT2D eigenvalue weighted by Gasteiger charge is 2.38. The van der Waals surface area contributed by atoms with Gasteiger partial charge in [0.05, 0.1) is 0 Å². The summed E-state index contributed by atoms with van der Waals surface area (Å²) in [5.74, 6) is -9.37. The summed E-state index contributed by atoms with van der Waals surface area (Å²) in [5, 5.41) is 36.5. The number of phenols is 1.